The zero-order valence-electron chi connectivity index (χ0n) is 19.5. The van der Waals surface area contributed by atoms with Gasteiger partial charge in [-0.05, 0) is 76.5 Å². The van der Waals surface area contributed by atoms with E-state index >= 15 is 0 Å². The quantitative estimate of drug-likeness (QED) is 0.454. The Bertz CT molecular complexity index is 784. The van der Waals surface area contributed by atoms with Crippen LogP contribution in [0.5, 0.6) is 11.5 Å². The van der Waals surface area contributed by atoms with Crippen LogP contribution in [0.2, 0.25) is 0 Å². The number of aromatic hydroxyl groups is 1. The number of fused-ring (bicyclic) bond motifs is 1. The minimum atomic E-state index is -0.0706. The van der Waals surface area contributed by atoms with Gasteiger partial charge in [0.15, 0.2) is 0 Å². The van der Waals surface area contributed by atoms with Gasteiger partial charge in [-0.2, -0.15) is 0 Å². The highest BCUT2D eigenvalue weighted by Crippen LogP contribution is 2.44. The topological polar surface area (TPSA) is 45.1 Å². The molecule has 0 aromatic heterocycles. The molecular weight excluding hydrogens is 372 g/mol. The first-order valence-corrected chi connectivity index (χ1v) is 11.8. The molecular formula is C26H40N2O2. The Balaban J connectivity index is 1.33. The fourth-order valence-electron chi connectivity index (χ4n) is 4.74. The van der Waals surface area contributed by atoms with E-state index in [4.69, 9.17) is 4.74 Å². The Morgan fingerprint density at radius 3 is 2.40 bits per heavy atom. The number of phenolic OH excluding ortho intramolecular Hbond substituents is 1. The summed E-state index contributed by atoms with van der Waals surface area (Å²) in [5.74, 6) is 1.48. The van der Waals surface area contributed by atoms with Crippen molar-refractivity contribution in [2.45, 2.75) is 97.5 Å². The molecule has 0 amide bonds. The first-order chi connectivity index (χ1) is 14.4. The van der Waals surface area contributed by atoms with Crippen LogP contribution in [0.1, 0.15) is 87.0 Å². The van der Waals surface area contributed by atoms with Crippen molar-refractivity contribution in [1.29, 1.82) is 0 Å². The highest BCUT2D eigenvalue weighted by atomic mass is 16.5. The monoisotopic (exact) mass is 412 g/mol. The van der Waals surface area contributed by atoms with E-state index in [0.717, 1.165) is 54.8 Å². The first-order valence-electron chi connectivity index (χ1n) is 11.8. The maximum Gasteiger partial charge on any atom is 0.127 e. The Morgan fingerprint density at radius 2 is 1.70 bits per heavy atom. The number of unbranched alkanes of at least 4 members (excludes halogenated alkanes) is 6. The number of hydrogen-bond donors (Lipinski definition) is 1. The van der Waals surface area contributed by atoms with Crippen molar-refractivity contribution in [3.8, 4) is 11.5 Å². The lowest BCUT2D eigenvalue weighted by Crippen LogP contribution is -2.37. The van der Waals surface area contributed by atoms with Crippen LogP contribution in [0.15, 0.2) is 17.4 Å². The molecule has 0 saturated carbocycles. The molecule has 166 valence electrons. The maximum absolute atomic E-state index is 10.4. The van der Waals surface area contributed by atoms with Crippen LogP contribution in [-0.2, 0) is 6.42 Å². The van der Waals surface area contributed by atoms with Gasteiger partial charge in [0.25, 0.3) is 0 Å². The fraction of sp³-hybridized carbons (Fsp3) is 0.654. The summed E-state index contributed by atoms with van der Waals surface area (Å²) >= 11 is 0. The summed E-state index contributed by atoms with van der Waals surface area (Å²) in [6.45, 7) is 10.5. The summed E-state index contributed by atoms with van der Waals surface area (Å²) in [7, 11) is 0. The second kappa shape index (κ2) is 10.4. The van der Waals surface area contributed by atoms with Crippen molar-refractivity contribution in [1.82, 2.24) is 4.90 Å². The fourth-order valence-corrected chi connectivity index (χ4v) is 4.74. The summed E-state index contributed by atoms with van der Waals surface area (Å²) in [6, 6.07) is 0. The predicted octanol–water partition coefficient (Wildman–Crippen LogP) is 6.38. The molecule has 3 rings (SSSR count). The van der Waals surface area contributed by atoms with Gasteiger partial charge in [-0.15, -0.1) is 0 Å². The van der Waals surface area contributed by atoms with Gasteiger partial charge in [0.05, 0.1) is 6.54 Å². The lowest BCUT2D eigenvalue weighted by atomic mass is 9.84. The number of ether oxygens (including phenoxy) is 1. The molecule has 0 aliphatic carbocycles. The summed E-state index contributed by atoms with van der Waals surface area (Å²) in [5, 5.41) is 10.4. The number of rotatable bonds is 10. The number of phenols is 1. The molecule has 0 spiro atoms. The van der Waals surface area contributed by atoms with E-state index < -0.39 is 0 Å². The second-order valence-corrected chi connectivity index (χ2v) is 9.43. The standard InChI is InChI=1S/C26H40N2O2/c1-20-21(2)25-23(22(3)24(20)29)12-14-26(4,30-25)13-10-8-6-5-7-9-11-17-28-18-15-27-16-19-28/h15-16,18,29H,5-14,17,19H2,1-4H3. The van der Waals surface area contributed by atoms with Gasteiger partial charge in [-0.25, -0.2) is 0 Å². The van der Waals surface area contributed by atoms with Crippen LogP contribution in [-0.4, -0.2) is 34.9 Å². The Morgan fingerprint density at radius 1 is 1.00 bits per heavy atom. The molecule has 0 bridgehead atoms. The lowest BCUT2D eigenvalue weighted by molar-refractivity contribution is 0.0521. The van der Waals surface area contributed by atoms with E-state index in [1.807, 2.05) is 26.3 Å². The second-order valence-electron chi connectivity index (χ2n) is 9.43. The Hall–Kier alpha value is -1.97. The molecule has 1 aromatic rings. The van der Waals surface area contributed by atoms with Crippen LogP contribution in [0.25, 0.3) is 0 Å². The van der Waals surface area contributed by atoms with E-state index in [1.54, 1.807) is 0 Å². The summed E-state index contributed by atoms with van der Waals surface area (Å²) in [4.78, 5) is 6.45. The van der Waals surface area contributed by atoms with Gasteiger partial charge in [0.2, 0.25) is 0 Å². The van der Waals surface area contributed by atoms with Crippen LogP contribution < -0.4 is 4.74 Å². The first kappa shape index (κ1) is 22.7. The third-order valence-electron chi connectivity index (χ3n) is 7.03. The molecule has 4 nitrogen and oxygen atoms in total. The van der Waals surface area contributed by atoms with Crippen molar-refractivity contribution in [3.05, 3.63) is 34.7 Å². The average molecular weight is 413 g/mol. The number of benzene rings is 1. The minimum absolute atomic E-state index is 0.0706. The maximum atomic E-state index is 10.4. The summed E-state index contributed by atoms with van der Waals surface area (Å²) in [6.07, 6.45) is 18.3. The smallest absolute Gasteiger partial charge is 0.127 e. The zero-order valence-corrected chi connectivity index (χ0v) is 19.5. The summed E-state index contributed by atoms with van der Waals surface area (Å²) < 4.78 is 6.55. The molecule has 30 heavy (non-hydrogen) atoms. The van der Waals surface area contributed by atoms with Gasteiger partial charge >= 0.3 is 0 Å². The van der Waals surface area contributed by atoms with Crippen molar-refractivity contribution >= 4 is 6.21 Å². The average Bonchev–Trinajstić information content (AvgIpc) is 2.75. The van der Waals surface area contributed by atoms with Crippen molar-refractivity contribution < 1.29 is 9.84 Å². The normalized spacial score (nSPS) is 20.3. The van der Waals surface area contributed by atoms with Gasteiger partial charge in [0.1, 0.15) is 17.1 Å². The number of hydrogen-bond acceptors (Lipinski definition) is 4. The van der Waals surface area contributed by atoms with E-state index in [-0.39, 0.29) is 5.60 Å². The Kier molecular flexibility index (Phi) is 7.85. The van der Waals surface area contributed by atoms with Crippen molar-refractivity contribution in [3.63, 3.8) is 0 Å². The molecule has 1 unspecified atom stereocenters. The van der Waals surface area contributed by atoms with Gasteiger partial charge < -0.3 is 14.7 Å². The molecule has 2 aliphatic rings. The van der Waals surface area contributed by atoms with Crippen LogP contribution >= 0.6 is 0 Å². The molecule has 2 heterocycles. The van der Waals surface area contributed by atoms with Crippen LogP contribution in [0.4, 0.5) is 0 Å². The third kappa shape index (κ3) is 5.59. The van der Waals surface area contributed by atoms with Crippen LogP contribution in [0, 0.1) is 20.8 Å². The molecule has 2 aliphatic heterocycles. The molecule has 1 aromatic carbocycles. The van der Waals surface area contributed by atoms with Crippen LogP contribution in [0.3, 0.4) is 0 Å². The molecule has 0 radical (unpaired) electrons. The van der Waals surface area contributed by atoms with Gasteiger partial charge in [-0.3, -0.25) is 4.99 Å². The SMILES string of the molecule is Cc1c(C)c2c(c(C)c1O)CCC(C)(CCCCCCCCCN1C=CN=CC1)O2. The number of nitrogens with zero attached hydrogens (tertiary/aromatic N) is 2. The number of aliphatic imine (C=N–C) groups is 1. The van der Waals surface area contributed by atoms with E-state index in [0.29, 0.717) is 5.75 Å². The minimum Gasteiger partial charge on any atom is -0.507 e. The van der Waals surface area contributed by atoms with E-state index in [9.17, 15) is 5.11 Å². The van der Waals surface area contributed by atoms with Crippen molar-refractivity contribution in [2.24, 2.45) is 4.99 Å². The zero-order chi connectivity index (χ0) is 21.6. The lowest BCUT2D eigenvalue weighted by Gasteiger charge is -2.38. The van der Waals surface area contributed by atoms with E-state index in [2.05, 4.69) is 29.9 Å². The Labute approximate surface area is 183 Å². The highest BCUT2D eigenvalue weighted by molar-refractivity contribution is 5.61. The molecule has 4 heteroatoms. The summed E-state index contributed by atoms with van der Waals surface area (Å²) in [5.41, 5.74) is 4.20. The molecule has 1 atom stereocenters. The van der Waals surface area contributed by atoms with Crippen molar-refractivity contribution in [2.75, 3.05) is 13.1 Å². The van der Waals surface area contributed by atoms with Gasteiger partial charge in [-0.1, -0.05) is 32.1 Å². The predicted molar refractivity (Wildman–Crippen MR) is 126 cm³/mol. The van der Waals surface area contributed by atoms with E-state index in [1.165, 1.54) is 50.5 Å². The largest absolute Gasteiger partial charge is 0.507 e. The molecule has 1 N–H and O–H groups in total. The highest BCUT2D eigenvalue weighted by Gasteiger charge is 2.34. The molecule has 0 fully saturated rings. The molecule has 0 saturated heterocycles. The van der Waals surface area contributed by atoms with Gasteiger partial charge in [0, 0.05) is 30.7 Å². The third-order valence-corrected chi connectivity index (χ3v) is 7.03.